The Morgan fingerprint density at radius 2 is 1.44 bits per heavy atom. The van der Waals surface area contributed by atoms with E-state index in [1.807, 2.05) is 72.5 Å². The van der Waals surface area contributed by atoms with Crippen LogP contribution < -0.4 is 4.74 Å². The van der Waals surface area contributed by atoms with Crippen LogP contribution in [0.15, 0.2) is 115 Å². The summed E-state index contributed by atoms with van der Waals surface area (Å²) < 4.78 is 5.52. The van der Waals surface area contributed by atoms with E-state index in [1.54, 1.807) is 18.2 Å². The normalized spacial score (nSPS) is 14.2. The Morgan fingerprint density at radius 3 is 2.14 bits per heavy atom. The molecule has 1 aliphatic heterocycles. The van der Waals surface area contributed by atoms with E-state index in [-0.39, 0.29) is 11.7 Å². The van der Waals surface area contributed by atoms with Gasteiger partial charge in [-0.3, -0.25) is 4.79 Å². The molecule has 4 heteroatoms. The molecule has 1 amide bonds. The third-order valence-electron chi connectivity index (χ3n) is 6.15. The largest absolute Gasteiger partial charge is 0.504 e. The molecule has 0 atom stereocenters. The van der Waals surface area contributed by atoms with Crippen LogP contribution in [0.25, 0.3) is 22.9 Å². The number of carbonyl (C=O) groups is 1. The summed E-state index contributed by atoms with van der Waals surface area (Å²) in [4.78, 5) is 15.4. The minimum absolute atomic E-state index is 0.0629. The first kappa shape index (κ1) is 23.2. The minimum Gasteiger partial charge on any atom is -0.504 e. The summed E-state index contributed by atoms with van der Waals surface area (Å²) in [6, 6.07) is 33.7. The molecule has 0 spiro atoms. The fraction of sp³-hybridized carbons (Fsp3) is 0.0938. The molecule has 4 aromatic carbocycles. The van der Waals surface area contributed by atoms with Gasteiger partial charge in [-0.15, -0.1) is 0 Å². The molecule has 0 unspecified atom stereocenters. The van der Waals surface area contributed by atoms with E-state index < -0.39 is 0 Å². The fourth-order valence-corrected chi connectivity index (χ4v) is 4.35. The van der Waals surface area contributed by atoms with Gasteiger partial charge in [0.15, 0.2) is 11.5 Å². The van der Waals surface area contributed by atoms with Crippen molar-refractivity contribution in [2.45, 2.75) is 13.5 Å². The molecule has 0 saturated carbocycles. The minimum atomic E-state index is -0.0629. The summed E-state index contributed by atoms with van der Waals surface area (Å²) in [5, 5.41) is 10.0. The molecule has 4 nitrogen and oxygen atoms in total. The number of rotatable bonds is 7. The van der Waals surface area contributed by atoms with E-state index >= 15 is 0 Å². The zero-order valence-electron chi connectivity index (χ0n) is 20.1. The van der Waals surface area contributed by atoms with Gasteiger partial charge in [-0.1, -0.05) is 91.0 Å². The highest BCUT2D eigenvalue weighted by molar-refractivity contribution is 6.10. The Labute approximate surface area is 211 Å². The topological polar surface area (TPSA) is 49.8 Å². The van der Waals surface area contributed by atoms with Crippen molar-refractivity contribution in [1.29, 1.82) is 0 Å². The van der Waals surface area contributed by atoms with E-state index in [4.69, 9.17) is 4.74 Å². The molecular weight excluding hydrogens is 446 g/mol. The number of hydrogen-bond donors (Lipinski definition) is 1. The summed E-state index contributed by atoms with van der Waals surface area (Å²) in [6.07, 6.45) is 3.78. The number of nitrogens with zero attached hydrogens (tertiary/aromatic N) is 1. The van der Waals surface area contributed by atoms with Crippen molar-refractivity contribution in [1.82, 2.24) is 4.90 Å². The summed E-state index contributed by atoms with van der Waals surface area (Å²) in [6.45, 7) is 2.79. The molecule has 0 saturated heterocycles. The zero-order valence-corrected chi connectivity index (χ0v) is 20.1. The van der Waals surface area contributed by atoms with Crippen LogP contribution in [0.3, 0.4) is 0 Å². The molecule has 178 valence electrons. The van der Waals surface area contributed by atoms with Crippen molar-refractivity contribution in [3.63, 3.8) is 0 Å². The lowest BCUT2D eigenvalue weighted by atomic mass is 10.0. The maximum atomic E-state index is 13.6. The number of benzene rings is 4. The van der Waals surface area contributed by atoms with Crippen molar-refractivity contribution in [2.75, 3.05) is 6.61 Å². The van der Waals surface area contributed by atoms with E-state index in [0.29, 0.717) is 24.5 Å². The number of ether oxygens (including phenoxy) is 1. The Bertz CT molecular complexity index is 1420. The van der Waals surface area contributed by atoms with Crippen LogP contribution in [0.5, 0.6) is 11.5 Å². The Hall–Kier alpha value is -4.57. The second-order valence-corrected chi connectivity index (χ2v) is 8.61. The number of amides is 1. The predicted molar refractivity (Wildman–Crippen MR) is 144 cm³/mol. The molecule has 0 bridgehead atoms. The van der Waals surface area contributed by atoms with Crippen LogP contribution in [0.1, 0.15) is 23.6 Å². The van der Waals surface area contributed by atoms with E-state index in [1.165, 1.54) is 0 Å². The van der Waals surface area contributed by atoms with Gasteiger partial charge >= 0.3 is 0 Å². The quantitative estimate of drug-likeness (QED) is 0.296. The van der Waals surface area contributed by atoms with Crippen molar-refractivity contribution in [2.24, 2.45) is 0 Å². The van der Waals surface area contributed by atoms with Crippen molar-refractivity contribution >= 4 is 17.7 Å². The number of carbonyl (C=O) groups excluding carboxylic acids is 1. The highest BCUT2D eigenvalue weighted by Gasteiger charge is 2.29. The van der Waals surface area contributed by atoms with Gasteiger partial charge in [0.2, 0.25) is 0 Å². The van der Waals surface area contributed by atoms with Crippen molar-refractivity contribution in [3.05, 3.63) is 131 Å². The first-order valence-electron chi connectivity index (χ1n) is 12.0. The molecule has 4 aromatic rings. The predicted octanol–water partition coefficient (Wildman–Crippen LogP) is 6.92. The molecule has 1 N–H and O–H groups in total. The third kappa shape index (κ3) is 4.93. The van der Waals surface area contributed by atoms with E-state index in [0.717, 1.165) is 33.5 Å². The summed E-state index contributed by atoms with van der Waals surface area (Å²) in [5.41, 5.74) is 6.54. The molecule has 1 aliphatic rings. The number of hydrogen-bond acceptors (Lipinski definition) is 3. The molecule has 5 rings (SSSR count). The van der Waals surface area contributed by atoms with Crippen LogP contribution in [0.2, 0.25) is 0 Å². The highest BCUT2D eigenvalue weighted by atomic mass is 16.5. The van der Waals surface area contributed by atoms with Crippen LogP contribution in [0.4, 0.5) is 0 Å². The van der Waals surface area contributed by atoms with E-state index in [2.05, 4.69) is 36.4 Å². The molecule has 36 heavy (non-hydrogen) atoms. The van der Waals surface area contributed by atoms with Gasteiger partial charge < -0.3 is 14.7 Å². The number of aromatic hydroxyl groups is 1. The van der Waals surface area contributed by atoms with Crippen molar-refractivity contribution < 1.29 is 14.6 Å². The average Bonchev–Trinajstić information content (AvgIpc) is 3.22. The second kappa shape index (κ2) is 10.4. The van der Waals surface area contributed by atoms with Gasteiger partial charge in [-0.2, -0.15) is 0 Å². The van der Waals surface area contributed by atoms with Gasteiger partial charge in [-0.25, -0.2) is 0 Å². The molecule has 0 radical (unpaired) electrons. The lowest BCUT2D eigenvalue weighted by Gasteiger charge is -2.21. The highest BCUT2D eigenvalue weighted by Crippen LogP contribution is 2.34. The van der Waals surface area contributed by atoms with Gasteiger partial charge in [-0.05, 0) is 59.0 Å². The smallest absolute Gasteiger partial charge is 0.258 e. The van der Waals surface area contributed by atoms with Gasteiger partial charge in [0.05, 0.1) is 18.8 Å². The Morgan fingerprint density at radius 1 is 0.806 bits per heavy atom. The summed E-state index contributed by atoms with van der Waals surface area (Å²) >= 11 is 0. The molecule has 0 fully saturated rings. The lowest BCUT2D eigenvalue weighted by Crippen LogP contribution is -2.25. The molecule has 0 aliphatic carbocycles. The monoisotopic (exact) mass is 473 g/mol. The zero-order chi connectivity index (χ0) is 24.9. The standard InChI is InChI=1S/C32H27NO3/c1-2-36-31-20-24(13-18-30(31)34)19-28-21-29(33(32(28)35)22-23-9-5-3-6-10-23)27-16-14-26(15-17-27)25-11-7-4-8-12-25/h3-21,34H,2,22H2,1H3/b28-19+. The molecule has 0 aromatic heterocycles. The van der Waals surface area contributed by atoms with Crippen LogP contribution >= 0.6 is 0 Å². The molecular formula is C32H27NO3. The van der Waals surface area contributed by atoms with Crippen LogP contribution in [0, 0.1) is 0 Å². The fourth-order valence-electron chi connectivity index (χ4n) is 4.35. The second-order valence-electron chi connectivity index (χ2n) is 8.61. The Kier molecular flexibility index (Phi) is 6.67. The van der Waals surface area contributed by atoms with Gasteiger partial charge in [0.1, 0.15) is 0 Å². The first-order valence-corrected chi connectivity index (χ1v) is 12.0. The van der Waals surface area contributed by atoms with Crippen molar-refractivity contribution in [3.8, 4) is 22.6 Å². The van der Waals surface area contributed by atoms with Crippen LogP contribution in [-0.4, -0.2) is 22.5 Å². The third-order valence-corrected chi connectivity index (χ3v) is 6.15. The number of phenolic OH excluding ortho intramolecular Hbond substituents is 1. The maximum Gasteiger partial charge on any atom is 0.258 e. The summed E-state index contributed by atoms with van der Waals surface area (Å²) in [5.74, 6) is 0.420. The van der Waals surface area contributed by atoms with Gasteiger partial charge in [0.25, 0.3) is 5.91 Å². The molecule has 1 heterocycles. The SMILES string of the molecule is CCOc1cc(/C=C2\C=C(c3ccc(-c4ccccc4)cc3)N(Cc3ccccc3)C2=O)ccc1O. The van der Waals surface area contributed by atoms with E-state index in [9.17, 15) is 9.90 Å². The van der Waals surface area contributed by atoms with Crippen LogP contribution in [-0.2, 0) is 11.3 Å². The lowest BCUT2D eigenvalue weighted by molar-refractivity contribution is -0.123. The average molecular weight is 474 g/mol. The van der Waals surface area contributed by atoms with Gasteiger partial charge in [0, 0.05) is 5.57 Å². The number of phenols is 1. The summed E-state index contributed by atoms with van der Waals surface area (Å²) in [7, 11) is 0. The Balaban J connectivity index is 1.52. The maximum absolute atomic E-state index is 13.6. The first-order chi connectivity index (χ1) is 17.6.